The molecule has 1 N–H and O–H groups in total. The number of carboxylic acid groups (broad SMARTS) is 1. The molecule has 0 saturated carbocycles. The van der Waals surface area contributed by atoms with E-state index in [0.29, 0.717) is 6.42 Å². The molecule has 0 heterocycles. The van der Waals surface area contributed by atoms with Gasteiger partial charge in [-0.15, -0.1) is 0 Å². The van der Waals surface area contributed by atoms with E-state index in [-0.39, 0.29) is 5.41 Å². The topological polar surface area (TPSA) is 37.3 Å². The molecule has 32 heavy (non-hydrogen) atoms. The maximum atomic E-state index is 11.3. The predicted octanol–water partition coefficient (Wildman–Crippen LogP) is 9.61. The normalized spacial score (nSPS) is 13.7. The first-order valence-electron chi connectivity index (χ1n) is 12.7. The van der Waals surface area contributed by atoms with Gasteiger partial charge in [0.25, 0.3) is 0 Å². The third-order valence-electron chi connectivity index (χ3n) is 5.62. The Hall–Kier alpha value is -1.83. The van der Waals surface area contributed by atoms with Crippen molar-refractivity contribution in [3.05, 3.63) is 60.8 Å². The van der Waals surface area contributed by atoms with Crippen LogP contribution in [-0.4, -0.2) is 11.1 Å². The fraction of sp³-hybridized carbons (Fsp3) is 0.633. The number of carbonyl (C=O) groups is 1. The first kappa shape index (κ1) is 30.2. The number of hydrogen-bond donors (Lipinski definition) is 1. The molecule has 0 spiro atoms. The first-order valence-corrected chi connectivity index (χ1v) is 12.7. The number of carboxylic acids is 1. The van der Waals surface area contributed by atoms with E-state index in [1.807, 2.05) is 13.8 Å². The van der Waals surface area contributed by atoms with Crippen LogP contribution in [0, 0.1) is 10.8 Å². The van der Waals surface area contributed by atoms with Gasteiger partial charge in [-0.2, -0.15) is 0 Å². The molecular formula is C30H50O2. The Morgan fingerprint density at radius 1 is 0.656 bits per heavy atom. The second kappa shape index (κ2) is 18.7. The van der Waals surface area contributed by atoms with Crippen molar-refractivity contribution < 1.29 is 9.90 Å². The van der Waals surface area contributed by atoms with Gasteiger partial charge >= 0.3 is 5.97 Å². The van der Waals surface area contributed by atoms with Crippen LogP contribution in [0.1, 0.15) is 112 Å². The van der Waals surface area contributed by atoms with Crippen molar-refractivity contribution in [2.75, 3.05) is 0 Å². The summed E-state index contributed by atoms with van der Waals surface area (Å²) >= 11 is 0. The van der Waals surface area contributed by atoms with E-state index in [2.05, 4.69) is 81.5 Å². The van der Waals surface area contributed by atoms with Crippen molar-refractivity contribution in [3.8, 4) is 0 Å². The van der Waals surface area contributed by atoms with Gasteiger partial charge in [0.15, 0.2) is 0 Å². The van der Waals surface area contributed by atoms with Crippen LogP contribution in [0.15, 0.2) is 60.8 Å². The quantitative estimate of drug-likeness (QED) is 0.160. The van der Waals surface area contributed by atoms with Crippen LogP contribution in [0.25, 0.3) is 0 Å². The highest BCUT2D eigenvalue weighted by Gasteiger charge is 2.34. The lowest BCUT2D eigenvalue weighted by atomic mass is 9.72. The SMILES string of the molecule is CCCCC/C=C\C/C=C\C/C=C\C/C=C\C/C=C\CCCC(C)(C)CC(C)(C)C(=O)O. The van der Waals surface area contributed by atoms with Gasteiger partial charge in [0.1, 0.15) is 0 Å². The van der Waals surface area contributed by atoms with Crippen molar-refractivity contribution in [3.63, 3.8) is 0 Å². The molecule has 0 aliphatic carbocycles. The molecule has 0 rings (SSSR count). The van der Waals surface area contributed by atoms with E-state index >= 15 is 0 Å². The van der Waals surface area contributed by atoms with Crippen molar-refractivity contribution >= 4 is 5.97 Å². The highest BCUT2D eigenvalue weighted by atomic mass is 16.4. The van der Waals surface area contributed by atoms with Crippen LogP contribution in [-0.2, 0) is 4.79 Å². The molecule has 0 aliphatic rings. The Bertz CT molecular complexity index is 615. The Labute approximate surface area is 199 Å². The maximum Gasteiger partial charge on any atom is 0.309 e. The summed E-state index contributed by atoms with van der Waals surface area (Å²) in [5.74, 6) is -0.704. The average molecular weight is 443 g/mol. The molecule has 0 fully saturated rings. The number of allylic oxidation sites excluding steroid dienone is 10. The van der Waals surface area contributed by atoms with Gasteiger partial charge in [0.2, 0.25) is 0 Å². The molecule has 0 saturated heterocycles. The summed E-state index contributed by atoms with van der Waals surface area (Å²) in [6.45, 7) is 10.3. The third-order valence-corrected chi connectivity index (χ3v) is 5.62. The summed E-state index contributed by atoms with van der Waals surface area (Å²) in [7, 11) is 0. The molecule has 0 atom stereocenters. The van der Waals surface area contributed by atoms with Crippen LogP contribution in [0.3, 0.4) is 0 Å². The van der Waals surface area contributed by atoms with E-state index < -0.39 is 11.4 Å². The van der Waals surface area contributed by atoms with Crippen molar-refractivity contribution in [2.45, 2.75) is 112 Å². The van der Waals surface area contributed by atoms with Gasteiger partial charge in [0.05, 0.1) is 5.41 Å². The number of aliphatic carboxylic acids is 1. The zero-order valence-electron chi connectivity index (χ0n) is 21.6. The Balaban J connectivity index is 3.76. The van der Waals surface area contributed by atoms with E-state index in [4.69, 9.17) is 0 Å². The highest BCUT2D eigenvalue weighted by molar-refractivity contribution is 5.73. The molecule has 182 valence electrons. The van der Waals surface area contributed by atoms with Gasteiger partial charge in [0, 0.05) is 0 Å². The second-order valence-corrected chi connectivity index (χ2v) is 10.2. The number of rotatable bonds is 19. The molecule has 2 heteroatoms. The van der Waals surface area contributed by atoms with Crippen molar-refractivity contribution in [2.24, 2.45) is 10.8 Å². The molecule has 2 nitrogen and oxygen atoms in total. The summed E-state index contributed by atoms with van der Waals surface area (Å²) in [5, 5.41) is 9.32. The molecule has 0 aromatic heterocycles. The lowest BCUT2D eigenvalue weighted by Crippen LogP contribution is -2.30. The summed E-state index contributed by atoms with van der Waals surface area (Å²) in [5.41, 5.74) is -0.595. The smallest absolute Gasteiger partial charge is 0.309 e. The van der Waals surface area contributed by atoms with Gasteiger partial charge < -0.3 is 5.11 Å². The summed E-state index contributed by atoms with van der Waals surface area (Å²) < 4.78 is 0. The molecule has 0 amide bonds. The first-order chi connectivity index (χ1) is 15.2. The molecular weight excluding hydrogens is 392 g/mol. The van der Waals surface area contributed by atoms with E-state index in [9.17, 15) is 9.90 Å². The molecule has 0 aliphatic heterocycles. The molecule has 0 unspecified atom stereocenters. The van der Waals surface area contributed by atoms with Crippen LogP contribution in [0.5, 0.6) is 0 Å². The lowest BCUT2D eigenvalue weighted by Gasteiger charge is -2.32. The van der Waals surface area contributed by atoms with Crippen LogP contribution in [0.2, 0.25) is 0 Å². The zero-order valence-corrected chi connectivity index (χ0v) is 21.6. The van der Waals surface area contributed by atoms with Gasteiger partial charge in [-0.05, 0) is 83.5 Å². The Morgan fingerprint density at radius 2 is 1.06 bits per heavy atom. The minimum absolute atomic E-state index is 0.0576. The predicted molar refractivity (Wildman–Crippen MR) is 142 cm³/mol. The molecule has 0 radical (unpaired) electrons. The minimum Gasteiger partial charge on any atom is -0.481 e. The number of hydrogen-bond acceptors (Lipinski definition) is 1. The summed E-state index contributed by atoms with van der Waals surface area (Å²) in [6, 6.07) is 0. The minimum atomic E-state index is -0.704. The van der Waals surface area contributed by atoms with Crippen LogP contribution < -0.4 is 0 Å². The summed E-state index contributed by atoms with van der Waals surface area (Å²) in [4.78, 5) is 11.3. The molecule has 0 bridgehead atoms. The fourth-order valence-corrected chi connectivity index (χ4v) is 3.89. The van der Waals surface area contributed by atoms with Gasteiger partial charge in [-0.25, -0.2) is 0 Å². The third kappa shape index (κ3) is 18.9. The zero-order chi connectivity index (χ0) is 24.1. The summed E-state index contributed by atoms with van der Waals surface area (Å²) in [6.07, 6.45) is 35.6. The fourth-order valence-electron chi connectivity index (χ4n) is 3.89. The monoisotopic (exact) mass is 442 g/mol. The van der Waals surface area contributed by atoms with Gasteiger partial charge in [-0.1, -0.05) is 94.4 Å². The Morgan fingerprint density at radius 3 is 1.47 bits per heavy atom. The van der Waals surface area contributed by atoms with E-state index in [1.165, 1.54) is 25.7 Å². The largest absolute Gasteiger partial charge is 0.481 e. The Kier molecular flexibility index (Phi) is 17.6. The van der Waals surface area contributed by atoms with Crippen molar-refractivity contribution in [1.29, 1.82) is 0 Å². The van der Waals surface area contributed by atoms with Crippen molar-refractivity contribution in [1.82, 2.24) is 0 Å². The highest BCUT2D eigenvalue weighted by Crippen LogP contribution is 2.37. The standard InChI is InChI=1S/C30H50O2/c1-6-7-8-9-10-11-12-13-14-15-16-17-18-19-20-21-22-23-24-25-26-29(2,3)27-30(4,5)28(31)32/h10-11,13-14,16-17,19-20,22-23H,6-9,12,15,18,21,24-27H2,1-5H3,(H,31,32)/b11-10-,14-13-,17-16-,20-19-,23-22-. The molecule has 0 aromatic rings. The average Bonchev–Trinajstić information content (AvgIpc) is 2.71. The second-order valence-electron chi connectivity index (χ2n) is 10.2. The van der Waals surface area contributed by atoms with E-state index in [0.717, 1.165) is 44.9 Å². The molecule has 0 aromatic carbocycles. The lowest BCUT2D eigenvalue weighted by molar-refractivity contribution is -0.148. The maximum absolute atomic E-state index is 11.3. The number of unbranched alkanes of at least 4 members (excludes halogenated alkanes) is 4. The van der Waals surface area contributed by atoms with Gasteiger partial charge in [-0.3, -0.25) is 4.79 Å². The van der Waals surface area contributed by atoms with E-state index in [1.54, 1.807) is 0 Å². The van der Waals surface area contributed by atoms with Crippen LogP contribution >= 0.6 is 0 Å². The van der Waals surface area contributed by atoms with Crippen LogP contribution in [0.4, 0.5) is 0 Å².